The Balaban J connectivity index is 1.58. The molecule has 3 rings (SSSR count). The van der Waals surface area contributed by atoms with Crippen LogP contribution in [0.4, 0.5) is 5.82 Å². The van der Waals surface area contributed by atoms with Crippen molar-refractivity contribution in [2.45, 2.75) is 25.3 Å². The zero-order valence-corrected chi connectivity index (χ0v) is 13.7. The van der Waals surface area contributed by atoms with E-state index in [1.165, 1.54) is 24.1 Å². The molecule has 0 N–H and O–H groups in total. The Bertz CT molecular complexity index is 611. The van der Waals surface area contributed by atoms with Crippen molar-refractivity contribution in [1.29, 1.82) is 0 Å². The molecule has 22 heavy (non-hydrogen) atoms. The van der Waals surface area contributed by atoms with E-state index in [4.69, 9.17) is 4.98 Å². The lowest BCUT2D eigenvalue weighted by molar-refractivity contribution is 0.203. The molecule has 5 nitrogen and oxygen atoms in total. The highest BCUT2D eigenvalue weighted by Crippen LogP contribution is 2.28. The first kappa shape index (κ1) is 15.0. The predicted octanol–water partition coefficient (Wildman–Crippen LogP) is 2.26. The number of piperidine rings is 1. The highest BCUT2D eigenvalue weighted by Gasteiger charge is 2.22. The van der Waals surface area contributed by atoms with Gasteiger partial charge in [-0.1, -0.05) is 6.07 Å². The van der Waals surface area contributed by atoms with E-state index in [0.717, 1.165) is 25.5 Å². The van der Waals surface area contributed by atoms with Crippen LogP contribution >= 0.6 is 0 Å². The summed E-state index contributed by atoms with van der Waals surface area (Å²) in [5, 5.41) is 4.25. The van der Waals surface area contributed by atoms with E-state index in [2.05, 4.69) is 39.3 Å². The molecule has 0 spiro atoms. The maximum absolute atomic E-state index is 4.80. The van der Waals surface area contributed by atoms with Crippen LogP contribution in [-0.2, 0) is 13.6 Å². The molecule has 2 aromatic heterocycles. The van der Waals surface area contributed by atoms with Crippen LogP contribution in [0, 0.1) is 0 Å². The molecule has 0 aliphatic carbocycles. The Morgan fingerprint density at radius 2 is 2.00 bits per heavy atom. The fraction of sp³-hybridized carbons (Fsp3) is 0.529. The lowest BCUT2D eigenvalue weighted by atomic mass is 9.93. The second kappa shape index (κ2) is 6.48. The maximum Gasteiger partial charge on any atom is 0.128 e. The SMILES string of the molecule is CN(C)c1cccc(C2CCN(Cc3cnn(C)c3)CC2)n1. The van der Waals surface area contributed by atoms with Gasteiger partial charge < -0.3 is 4.90 Å². The predicted molar refractivity (Wildman–Crippen MR) is 89.0 cm³/mol. The number of anilines is 1. The van der Waals surface area contributed by atoms with E-state index in [9.17, 15) is 0 Å². The minimum atomic E-state index is 0.588. The molecule has 5 heteroatoms. The summed E-state index contributed by atoms with van der Waals surface area (Å²) >= 11 is 0. The first-order valence-electron chi connectivity index (χ1n) is 7.96. The van der Waals surface area contributed by atoms with E-state index in [-0.39, 0.29) is 0 Å². The van der Waals surface area contributed by atoms with E-state index in [1.807, 2.05) is 32.0 Å². The third kappa shape index (κ3) is 3.47. The lowest BCUT2D eigenvalue weighted by Gasteiger charge is -2.31. The lowest BCUT2D eigenvalue weighted by Crippen LogP contribution is -2.32. The van der Waals surface area contributed by atoms with Crippen molar-refractivity contribution in [2.24, 2.45) is 7.05 Å². The van der Waals surface area contributed by atoms with Crippen LogP contribution in [0.5, 0.6) is 0 Å². The van der Waals surface area contributed by atoms with Crippen LogP contribution in [0.3, 0.4) is 0 Å². The number of aryl methyl sites for hydroxylation is 1. The summed E-state index contributed by atoms with van der Waals surface area (Å²) in [7, 11) is 6.06. The minimum absolute atomic E-state index is 0.588. The molecule has 0 bridgehead atoms. The van der Waals surface area contributed by atoms with Gasteiger partial charge in [0.1, 0.15) is 5.82 Å². The van der Waals surface area contributed by atoms with Gasteiger partial charge in [0.2, 0.25) is 0 Å². The molecule has 1 saturated heterocycles. The molecule has 0 saturated carbocycles. The third-order valence-electron chi connectivity index (χ3n) is 4.38. The first-order chi connectivity index (χ1) is 10.6. The molecule has 1 aliphatic heterocycles. The minimum Gasteiger partial charge on any atom is -0.363 e. The molecule has 0 atom stereocenters. The average Bonchev–Trinajstić information content (AvgIpc) is 2.93. The first-order valence-corrected chi connectivity index (χ1v) is 7.96. The zero-order chi connectivity index (χ0) is 15.5. The smallest absolute Gasteiger partial charge is 0.128 e. The Morgan fingerprint density at radius 1 is 1.23 bits per heavy atom. The summed E-state index contributed by atoms with van der Waals surface area (Å²) in [4.78, 5) is 9.39. The second-order valence-electron chi connectivity index (χ2n) is 6.39. The zero-order valence-electron chi connectivity index (χ0n) is 13.7. The van der Waals surface area contributed by atoms with Gasteiger partial charge in [-0.05, 0) is 38.1 Å². The molecule has 0 unspecified atom stereocenters. The normalized spacial score (nSPS) is 16.9. The van der Waals surface area contributed by atoms with Gasteiger partial charge in [-0.3, -0.25) is 9.58 Å². The topological polar surface area (TPSA) is 37.2 Å². The molecular weight excluding hydrogens is 274 g/mol. The Kier molecular flexibility index (Phi) is 4.43. The van der Waals surface area contributed by atoms with Crippen LogP contribution in [0.15, 0.2) is 30.6 Å². The highest BCUT2D eigenvalue weighted by atomic mass is 15.2. The number of likely N-dealkylation sites (tertiary alicyclic amines) is 1. The van der Waals surface area contributed by atoms with Crippen LogP contribution < -0.4 is 4.90 Å². The van der Waals surface area contributed by atoms with Crippen LogP contribution in [0.25, 0.3) is 0 Å². The monoisotopic (exact) mass is 299 g/mol. The molecule has 118 valence electrons. The molecule has 1 aliphatic rings. The van der Waals surface area contributed by atoms with E-state index in [1.54, 1.807) is 0 Å². The van der Waals surface area contributed by atoms with Crippen molar-refractivity contribution >= 4 is 5.82 Å². The maximum atomic E-state index is 4.80. The van der Waals surface area contributed by atoms with Gasteiger partial charge in [0.25, 0.3) is 0 Å². The number of hydrogen-bond acceptors (Lipinski definition) is 4. The van der Waals surface area contributed by atoms with Crippen molar-refractivity contribution < 1.29 is 0 Å². The van der Waals surface area contributed by atoms with Crippen LogP contribution in [0.1, 0.15) is 30.0 Å². The van der Waals surface area contributed by atoms with Crippen LogP contribution in [-0.4, -0.2) is 46.8 Å². The van der Waals surface area contributed by atoms with Gasteiger partial charge in [-0.15, -0.1) is 0 Å². The Hall–Kier alpha value is -1.88. The van der Waals surface area contributed by atoms with Crippen molar-refractivity contribution in [3.05, 3.63) is 41.9 Å². The number of rotatable bonds is 4. The average molecular weight is 299 g/mol. The highest BCUT2D eigenvalue weighted by molar-refractivity contribution is 5.37. The number of aromatic nitrogens is 3. The van der Waals surface area contributed by atoms with Gasteiger partial charge >= 0.3 is 0 Å². The molecule has 0 radical (unpaired) electrons. The van der Waals surface area contributed by atoms with Gasteiger partial charge in [0, 0.05) is 51.1 Å². The largest absolute Gasteiger partial charge is 0.363 e. The van der Waals surface area contributed by atoms with Crippen molar-refractivity contribution in [3.63, 3.8) is 0 Å². The summed E-state index contributed by atoms with van der Waals surface area (Å²) in [5.74, 6) is 1.64. The third-order valence-corrected chi connectivity index (χ3v) is 4.38. The molecule has 0 aromatic carbocycles. The fourth-order valence-corrected chi connectivity index (χ4v) is 3.11. The van der Waals surface area contributed by atoms with Crippen molar-refractivity contribution in [3.8, 4) is 0 Å². The van der Waals surface area contributed by atoms with Gasteiger partial charge in [0.05, 0.1) is 6.20 Å². The van der Waals surface area contributed by atoms with Crippen molar-refractivity contribution in [2.75, 3.05) is 32.1 Å². The second-order valence-corrected chi connectivity index (χ2v) is 6.39. The molecule has 2 aromatic rings. The Labute approximate surface area is 132 Å². The number of nitrogens with zero attached hydrogens (tertiary/aromatic N) is 5. The summed E-state index contributed by atoms with van der Waals surface area (Å²) in [5.41, 5.74) is 2.54. The van der Waals surface area contributed by atoms with Gasteiger partial charge in [-0.25, -0.2) is 4.98 Å². The summed E-state index contributed by atoms with van der Waals surface area (Å²) < 4.78 is 1.87. The van der Waals surface area contributed by atoms with E-state index >= 15 is 0 Å². The molecule has 3 heterocycles. The standard InChI is InChI=1S/C17H25N5/c1-20(2)17-6-4-5-16(19-17)15-7-9-22(10-8-15)13-14-11-18-21(3)12-14/h4-6,11-12,15H,7-10,13H2,1-3H3. The Morgan fingerprint density at radius 3 is 2.64 bits per heavy atom. The summed E-state index contributed by atoms with van der Waals surface area (Å²) in [6.07, 6.45) is 6.44. The molecular formula is C17H25N5. The molecule has 0 amide bonds. The van der Waals surface area contributed by atoms with Crippen molar-refractivity contribution in [1.82, 2.24) is 19.7 Å². The van der Waals surface area contributed by atoms with Crippen LogP contribution in [0.2, 0.25) is 0 Å². The van der Waals surface area contributed by atoms with Gasteiger partial charge in [0.15, 0.2) is 0 Å². The molecule has 1 fully saturated rings. The summed E-state index contributed by atoms with van der Waals surface area (Å²) in [6, 6.07) is 6.37. The van der Waals surface area contributed by atoms with Gasteiger partial charge in [-0.2, -0.15) is 5.10 Å². The number of hydrogen-bond donors (Lipinski definition) is 0. The van der Waals surface area contributed by atoms with E-state index < -0.39 is 0 Å². The number of pyridine rings is 1. The fourth-order valence-electron chi connectivity index (χ4n) is 3.11. The quantitative estimate of drug-likeness (QED) is 0.868. The summed E-state index contributed by atoms with van der Waals surface area (Å²) in [6.45, 7) is 3.27. The van der Waals surface area contributed by atoms with E-state index in [0.29, 0.717) is 5.92 Å².